The van der Waals surface area contributed by atoms with Crippen LogP contribution in [0.3, 0.4) is 0 Å². The molecule has 1 aliphatic heterocycles. The van der Waals surface area contributed by atoms with Crippen LogP contribution in [-0.4, -0.2) is 55.8 Å². The van der Waals surface area contributed by atoms with Gasteiger partial charge in [0.15, 0.2) is 0 Å². The first-order chi connectivity index (χ1) is 11.4. The summed E-state index contributed by atoms with van der Waals surface area (Å²) < 4.78 is 0. The van der Waals surface area contributed by atoms with Crippen molar-refractivity contribution in [3.05, 3.63) is 4.91 Å². The van der Waals surface area contributed by atoms with E-state index in [1.54, 1.807) is 0 Å². The highest BCUT2D eigenvalue weighted by Gasteiger charge is 2.61. The first-order valence-electron chi connectivity index (χ1n) is 8.80. The van der Waals surface area contributed by atoms with Crippen molar-refractivity contribution in [2.75, 3.05) is 6.54 Å². The van der Waals surface area contributed by atoms with Gasteiger partial charge in [-0.3, -0.25) is 15.3 Å². The molecular formula is C16H24N4O4. The van der Waals surface area contributed by atoms with Gasteiger partial charge >= 0.3 is 6.09 Å². The predicted molar refractivity (Wildman–Crippen MR) is 85.5 cm³/mol. The average Bonchev–Trinajstić information content (AvgIpc) is 2.92. The fraction of sp³-hybridized carbons (Fsp3) is 0.875. The zero-order chi connectivity index (χ0) is 17.1. The molecule has 4 bridgehead atoms. The molecule has 3 unspecified atom stereocenters. The van der Waals surface area contributed by atoms with E-state index in [2.05, 4.69) is 5.29 Å². The van der Waals surface area contributed by atoms with Crippen LogP contribution in [0.25, 0.3) is 0 Å². The molecular weight excluding hydrogens is 312 g/mol. The molecule has 3 N–H and O–H groups in total. The summed E-state index contributed by atoms with van der Waals surface area (Å²) in [7, 11) is 0. The third kappa shape index (κ3) is 2.22. The number of amidine groups is 1. The van der Waals surface area contributed by atoms with Crippen molar-refractivity contribution in [2.45, 2.75) is 68.5 Å². The Morgan fingerprint density at radius 2 is 1.92 bits per heavy atom. The van der Waals surface area contributed by atoms with Crippen molar-refractivity contribution in [3.63, 3.8) is 0 Å². The lowest BCUT2D eigenvalue weighted by Crippen LogP contribution is -2.68. The zero-order valence-corrected chi connectivity index (χ0v) is 13.6. The van der Waals surface area contributed by atoms with Crippen molar-refractivity contribution in [2.24, 2.45) is 17.1 Å². The number of hydrogen-bond donors (Lipinski definition) is 3. The maximum absolute atomic E-state index is 12.1. The molecule has 132 valence electrons. The largest absolute Gasteiger partial charge is 0.465 e. The highest BCUT2D eigenvalue weighted by atomic mass is 16.4. The number of aliphatic hydroxyl groups is 1. The van der Waals surface area contributed by atoms with Crippen molar-refractivity contribution >= 4 is 11.9 Å². The van der Waals surface area contributed by atoms with Crippen LogP contribution in [0.4, 0.5) is 4.79 Å². The number of carbonyl (C=O) groups is 1. The minimum absolute atomic E-state index is 0.0508. The number of nitroso groups, excluding NO2 is 1. The number of rotatable bonds is 3. The topological polar surface area (TPSA) is 117 Å². The van der Waals surface area contributed by atoms with E-state index < -0.39 is 23.3 Å². The smallest absolute Gasteiger partial charge is 0.413 e. The Morgan fingerprint density at radius 1 is 1.25 bits per heavy atom. The van der Waals surface area contributed by atoms with E-state index in [4.69, 9.17) is 5.41 Å². The molecule has 5 rings (SSSR count). The van der Waals surface area contributed by atoms with Crippen molar-refractivity contribution in [1.29, 1.82) is 5.41 Å². The van der Waals surface area contributed by atoms with E-state index in [1.807, 2.05) is 0 Å². The number of nitrogens with one attached hydrogen (secondary N) is 1. The normalized spacial score (nSPS) is 43.0. The second-order valence-electron chi connectivity index (χ2n) is 8.32. The molecule has 5 fully saturated rings. The van der Waals surface area contributed by atoms with E-state index in [0.29, 0.717) is 44.1 Å². The Labute approximate surface area is 140 Å². The fourth-order valence-corrected chi connectivity index (χ4v) is 6.27. The zero-order valence-electron chi connectivity index (χ0n) is 13.6. The summed E-state index contributed by atoms with van der Waals surface area (Å²) >= 11 is 0. The van der Waals surface area contributed by atoms with Crippen LogP contribution in [0.5, 0.6) is 0 Å². The van der Waals surface area contributed by atoms with Crippen LogP contribution in [0.15, 0.2) is 5.29 Å². The van der Waals surface area contributed by atoms with E-state index in [-0.39, 0.29) is 5.84 Å². The van der Waals surface area contributed by atoms with Gasteiger partial charge in [-0.15, -0.1) is 4.91 Å². The van der Waals surface area contributed by atoms with Crippen LogP contribution < -0.4 is 0 Å². The lowest BCUT2D eigenvalue weighted by molar-refractivity contribution is -0.158. The number of amides is 1. The molecule has 5 aliphatic rings. The number of nitrogens with zero attached hydrogens (tertiary/aromatic N) is 3. The molecule has 0 spiro atoms. The molecule has 1 amide bonds. The van der Waals surface area contributed by atoms with Gasteiger partial charge < -0.3 is 10.2 Å². The van der Waals surface area contributed by atoms with Crippen LogP contribution >= 0.6 is 0 Å². The highest BCUT2D eigenvalue weighted by molar-refractivity contribution is 5.97. The van der Waals surface area contributed by atoms with Crippen LogP contribution in [0.1, 0.15) is 51.4 Å². The predicted octanol–water partition coefficient (Wildman–Crippen LogP) is 2.17. The maximum atomic E-state index is 12.1. The van der Waals surface area contributed by atoms with Gasteiger partial charge in [-0.05, 0) is 63.2 Å². The second kappa shape index (κ2) is 5.15. The van der Waals surface area contributed by atoms with Gasteiger partial charge in [0.1, 0.15) is 11.9 Å². The molecule has 0 aromatic carbocycles. The van der Waals surface area contributed by atoms with Gasteiger partial charge in [0, 0.05) is 6.54 Å². The molecule has 24 heavy (non-hydrogen) atoms. The first kappa shape index (κ1) is 15.8. The molecule has 0 aromatic rings. The summed E-state index contributed by atoms with van der Waals surface area (Å²) in [5.74, 6) is 0.606. The Morgan fingerprint density at radius 3 is 2.46 bits per heavy atom. The summed E-state index contributed by atoms with van der Waals surface area (Å²) in [6.07, 6.45) is 4.52. The Balaban J connectivity index is 1.67. The fourth-order valence-electron chi connectivity index (χ4n) is 6.27. The maximum Gasteiger partial charge on any atom is 0.413 e. The van der Waals surface area contributed by atoms with Gasteiger partial charge in [0.2, 0.25) is 0 Å². The molecule has 1 heterocycles. The van der Waals surface area contributed by atoms with Gasteiger partial charge in [-0.25, -0.2) is 4.79 Å². The molecule has 0 radical (unpaired) electrons. The molecule has 8 heteroatoms. The van der Waals surface area contributed by atoms with Gasteiger partial charge in [-0.1, -0.05) is 0 Å². The Kier molecular flexibility index (Phi) is 3.39. The third-order valence-electron chi connectivity index (χ3n) is 6.55. The summed E-state index contributed by atoms with van der Waals surface area (Å²) in [5, 5.41) is 33.5. The molecule has 8 nitrogen and oxygen atoms in total. The number of hydrogen-bond acceptors (Lipinski definition) is 5. The standard InChI is InChI=1S/C16H24N4O4/c17-13(12-2-1-3-19(12)18-24)20(14(21)22)15-5-10-4-11(6-15)8-16(23,7-10)9-15/h10-12,17,23H,1-9H2,(H,21,22). The van der Waals surface area contributed by atoms with Crippen molar-refractivity contribution < 1.29 is 15.0 Å². The summed E-state index contributed by atoms with van der Waals surface area (Å²) in [4.78, 5) is 24.3. The molecule has 3 atom stereocenters. The first-order valence-corrected chi connectivity index (χ1v) is 8.80. The third-order valence-corrected chi connectivity index (χ3v) is 6.55. The van der Waals surface area contributed by atoms with Crippen molar-refractivity contribution in [1.82, 2.24) is 9.91 Å². The summed E-state index contributed by atoms with van der Waals surface area (Å²) in [5.41, 5.74) is -1.49. The molecule has 4 saturated carbocycles. The molecule has 0 aromatic heterocycles. The lowest BCUT2D eigenvalue weighted by atomic mass is 9.50. The summed E-state index contributed by atoms with van der Waals surface area (Å²) in [6, 6.07) is -0.568. The van der Waals surface area contributed by atoms with E-state index in [1.165, 1.54) is 9.91 Å². The highest BCUT2D eigenvalue weighted by Crippen LogP contribution is 2.59. The van der Waals surface area contributed by atoms with Crippen LogP contribution in [0.2, 0.25) is 0 Å². The van der Waals surface area contributed by atoms with Gasteiger partial charge in [-0.2, -0.15) is 0 Å². The SMILES string of the molecule is N=C(C1CCCN1N=O)N(C(=O)O)C12CC3CC(CC(O)(C3)C1)C2. The van der Waals surface area contributed by atoms with Crippen molar-refractivity contribution in [3.8, 4) is 0 Å². The lowest BCUT2D eigenvalue weighted by Gasteiger charge is -2.62. The monoisotopic (exact) mass is 336 g/mol. The van der Waals surface area contributed by atoms with Gasteiger partial charge in [0.25, 0.3) is 0 Å². The number of carboxylic acid groups (broad SMARTS) is 1. The average molecular weight is 336 g/mol. The minimum Gasteiger partial charge on any atom is -0.465 e. The van der Waals surface area contributed by atoms with Crippen LogP contribution in [-0.2, 0) is 0 Å². The Hall–Kier alpha value is -1.70. The van der Waals surface area contributed by atoms with E-state index >= 15 is 0 Å². The van der Waals surface area contributed by atoms with Crippen LogP contribution in [0, 0.1) is 22.2 Å². The molecule has 4 aliphatic carbocycles. The minimum atomic E-state index is -1.15. The van der Waals surface area contributed by atoms with E-state index in [9.17, 15) is 19.9 Å². The quantitative estimate of drug-likeness (QED) is 0.415. The molecule has 1 saturated heterocycles. The second-order valence-corrected chi connectivity index (χ2v) is 8.32. The Bertz CT molecular complexity index is 581. The van der Waals surface area contributed by atoms with E-state index in [0.717, 1.165) is 25.7 Å². The van der Waals surface area contributed by atoms with Gasteiger partial charge in [0.05, 0.1) is 16.4 Å². The summed E-state index contributed by atoms with van der Waals surface area (Å²) in [6.45, 7) is 0.464.